The summed E-state index contributed by atoms with van der Waals surface area (Å²) in [6.07, 6.45) is 2.00. The van der Waals surface area contributed by atoms with Gasteiger partial charge in [0, 0.05) is 12.5 Å². The summed E-state index contributed by atoms with van der Waals surface area (Å²) in [5.41, 5.74) is 0.346. The lowest BCUT2D eigenvalue weighted by Crippen LogP contribution is -2.35. The molecule has 0 aliphatic carbocycles. The van der Waals surface area contributed by atoms with Gasteiger partial charge in [0.1, 0.15) is 35.4 Å². The molecule has 0 fully saturated rings. The summed E-state index contributed by atoms with van der Waals surface area (Å²) >= 11 is 0. The Labute approximate surface area is 151 Å². The highest BCUT2D eigenvalue weighted by Gasteiger charge is 2.23. The molecule has 1 aliphatic rings. The Kier molecular flexibility index (Phi) is 6.79. The van der Waals surface area contributed by atoms with Crippen LogP contribution in [-0.2, 0) is 4.74 Å². The van der Waals surface area contributed by atoms with Gasteiger partial charge in [0.05, 0.1) is 13.2 Å². The average molecular weight is 364 g/mol. The molecule has 0 bridgehead atoms. The van der Waals surface area contributed by atoms with Crippen molar-refractivity contribution in [2.45, 2.75) is 44.2 Å². The minimum Gasteiger partial charge on any atom is -0.507 e. The first-order valence-electron chi connectivity index (χ1n) is 8.32. The summed E-state index contributed by atoms with van der Waals surface area (Å²) < 4.78 is 10.4. The highest BCUT2D eigenvalue weighted by Crippen LogP contribution is 2.30. The number of rotatable bonds is 1. The number of aliphatic hydroxyl groups is 3. The smallest absolute Gasteiger partial charge is 0.342 e. The molecule has 4 N–H and O–H groups in total. The third kappa shape index (κ3) is 4.85. The molecule has 0 saturated carbocycles. The van der Waals surface area contributed by atoms with Gasteiger partial charge in [0.2, 0.25) is 0 Å². The van der Waals surface area contributed by atoms with Crippen molar-refractivity contribution in [3.8, 4) is 11.5 Å². The highest BCUT2D eigenvalue weighted by molar-refractivity contribution is 5.97. The zero-order valence-corrected chi connectivity index (χ0v) is 14.7. The number of hydrogen-bond acceptors (Lipinski definition) is 7. The Morgan fingerprint density at radius 2 is 1.88 bits per heavy atom. The third-order valence-corrected chi connectivity index (χ3v) is 4.09. The van der Waals surface area contributed by atoms with Crippen LogP contribution in [0, 0.1) is 0 Å². The predicted octanol–water partition coefficient (Wildman–Crippen LogP) is 1.39. The first-order valence-corrected chi connectivity index (χ1v) is 8.32. The Hall–Kier alpha value is -2.35. The monoisotopic (exact) mass is 364 g/mol. The summed E-state index contributed by atoms with van der Waals surface area (Å²) in [5.74, 6) is -0.615. The van der Waals surface area contributed by atoms with Gasteiger partial charge in [0.15, 0.2) is 0 Å². The Balaban J connectivity index is 2.44. The number of esters is 1. The topological polar surface area (TPSA) is 116 Å². The van der Waals surface area contributed by atoms with Crippen LogP contribution in [0.4, 0.5) is 0 Å². The maximum Gasteiger partial charge on any atom is 0.342 e. The molecule has 0 amide bonds. The fraction of sp³-hybridized carbons (Fsp3) is 0.421. The lowest BCUT2D eigenvalue weighted by atomic mass is 10.0. The van der Waals surface area contributed by atoms with Crippen LogP contribution in [0.1, 0.15) is 35.7 Å². The number of phenols is 1. The number of ether oxygens (including phenoxy) is 2. The standard InChI is InChI=1S/C19H24O7/c1-11-5-3-7-14(20)18(23)15(21)8-4-6-12-9-13(25-2)10-16(22)17(12)19(24)26-11/h3-4,6-7,9-11,14-15,18,20-23H,5,8H2,1-2H3/b6-4+,7-3+/t11-,14+,15+,18-/m0/s1. The summed E-state index contributed by atoms with van der Waals surface area (Å²) in [6, 6.07) is 2.87. The van der Waals surface area contributed by atoms with E-state index >= 15 is 0 Å². The number of methoxy groups -OCH3 is 1. The number of phenolic OH excluding ortho intramolecular Hbond substituents is 1. The van der Waals surface area contributed by atoms with Gasteiger partial charge in [-0.2, -0.15) is 0 Å². The Bertz CT molecular complexity index is 695. The molecule has 7 nitrogen and oxygen atoms in total. The molecule has 0 radical (unpaired) electrons. The molecular weight excluding hydrogens is 340 g/mol. The predicted molar refractivity (Wildman–Crippen MR) is 95.0 cm³/mol. The lowest BCUT2D eigenvalue weighted by Gasteiger charge is -2.20. The molecule has 0 aromatic heterocycles. The van der Waals surface area contributed by atoms with Crippen LogP contribution < -0.4 is 4.74 Å². The van der Waals surface area contributed by atoms with E-state index < -0.39 is 30.4 Å². The number of fused-ring (bicyclic) bond motifs is 1. The van der Waals surface area contributed by atoms with E-state index in [1.54, 1.807) is 19.1 Å². The average Bonchev–Trinajstić information content (AvgIpc) is 2.59. The van der Waals surface area contributed by atoms with E-state index in [-0.39, 0.29) is 17.7 Å². The van der Waals surface area contributed by atoms with Crippen molar-refractivity contribution >= 4 is 12.0 Å². The lowest BCUT2D eigenvalue weighted by molar-refractivity contribution is -0.0394. The Morgan fingerprint density at radius 3 is 2.58 bits per heavy atom. The maximum atomic E-state index is 12.5. The highest BCUT2D eigenvalue weighted by atomic mass is 16.5. The number of hydrogen-bond donors (Lipinski definition) is 4. The van der Waals surface area contributed by atoms with Crippen LogP contribution in [0.25, 0.3) is 6.08 Å². The first kappa shape index (κ1) is 20.0. The molecule has 0 unspecified atom stereocenters. The van der Waals surface area contributed by atoms with Crippen molar-refractivity contribution in [2.75, 3.05) is 7.11 Å². The van der Waals surface area contributed by atoms with E-state index in [1.807, 2.05) is 0 Å². The van der Waals surface area contributed by atoms with Crippen LogP contribution in [0.3, 0.4) is 0 Å². The van der Waals surface area contributed by atoms with E-state index in [0.717, 1.165) is 0 Å². The molecular formula is C19H24O7. The van der Waals surface area contributed by atoms with Crippen molar-refractivity contribution in [2.24, 2.45) is 0 Å². The molecule has 0 saturated heterocycles. The normalized spacial score (nSPS) is 29.8. The summed E-state index contributed by atoms with van der Waals surface area (Å²) in [7, 11) is 1.43. The number of cyclic esters (lactones) is 1. The minimum absolute atomic E-state index is 0.00925. The third-order valence-electron chi connectivity index (χ3n) is 4.09. The van der Waals surface area contributed by atoms with E-state index in [1.165, 1.54) is 31.4 Å². The maximum absolute atomic E-state index is 12.5. The fourth-order valence-electron chi connectivity index (χ4n) is 2.61. The number of benzene rings is 1. The molecule has 1 heterocycles. The van der Waals surface area contributed by atoms with Gasteiger partial charge in [-0.1, -0.05) is 24.3 Å². The zero-order chi connectivity index (χ0) is 19.3. The molecule has 26 heavy (non-hydrogen) atoms. The fourth-order valence-corrected chi connectivity index (χ4v) is 2.61. The largest absolute Gasteiger partial charge is 0.507 e. The van der Waals surface area contributed by atoms with E-state index in [4.69, 9.17) is 9.47 Å². The Morgan fingerprint density at radius 1 is 1.15 bits per heavy atom. The van der Waals surface area contributed by atoms with Gasteiger partial charge in [-0.3, -0.25) is 0 Å². The van der Waals surface area contributed by atoms with Crippen molar-refractivity contribution in [3.63, 3.8) is 0 Å². The van der Waals surface area contributed by atoms with Gasteiger partial charge < -0.3 is 29.9 Å². The zero-order valence-electron chi connectivity index (χ0n) is 14.7. The van der Waals surface area contributed by atoms with Crippen molar-refractivity contribution in [1.29, 1.82) is 0 Å². The molecule has 1 aliphatic heterocycles. The molecule has 7 heteroatoms. The number of aromatic hydroxyl groups is 1. The molecule has 1 aromatic carbocycles. The summed E-state index contributed by atoms with van der Waals surface area (Å²) in [5, 5.41) is 40.0. The van der Waals surface area contributed by atoms with Crippen LogP contribution in [0.2, 0.25) is 0 Å². The van der Waals surface area contributed by atoms with E-state index in [2.05, 4.69) is 0 Å². The SMILES string of the molecule is COc1cc(O)c2c(c1)/C=C/C[C@@H](O)[C@@H](O)[C@H](O)/C=C/C[C@H](C)OC2=O. The van der Waals surface area contributed by atoms with Crippen molar-refractivity contribution < 1.29 is 34.7 Å². The molecule has 0 spiro atoms. The first-order chi connectivity index (χ1) is 12.3. The summed E-state index contributed by atoms with van der Waals surface area (Å²) in [6.45, 7) is 1.67. The van der Waals surface area contributed by atoms with Gasteiger partial charge in [0.25, 0.3) is 0 Å². The number of aliphatic hydroxyl groups excluding tert-OH is 3. The second-order valence-corrected chi connectivity index (χ2v) is 6.18. The van der Waals surface area contributed by atoms with Crippen LogP contribution in [0.15, 0.2) is 30.4 Å². The number of carbonyl (C=O) groups is 1. The molecule has 4 atom stereocenters. The van der Waals surface area contributed by atoms with Gasteiger partial charge in [-0.05, 0) is 25.0 Å². The van der Waals surface area contributed by atoms with E-state index in [9.17, 15) is 25.2 Å². The van der Waals surface area contributed by atoms with Crippen LogP contribution in [0.5, 0.6) is 11.5 Å². The molecule has 2 rings (SSSR count). The minimum atomic E-state index is -1.35. The van der Waals surface area contributed by atoms with Crippen LogP contribution >= 0.6 is 0 Å². The van der Waals surface area contributed by atoms with Crippen molar-refractivity contribution in [3.05, 3.63) is 41.5 Å². The quantitative estimate of drug-likeness (QED) is 0.439. The van der Waals surface area contributed by atoms with Gasteiger partial charge in [-0.15, -0.1) is 0 Å². The van der Waals surface area contributed by atoms with Gasteiger partial charge in [-0.25, -0.2) is 4.79 Å². The van der Waals surface area contributed by atoms with Gasteiger partial charge >= 0.3 is 5.97 Å². The number of carbonyl (C=O) groups excluding carboxylic acids is 1. The summed E-state index contributed by atoms with van der Waals surface area (Å²) in [4.78, 5) is 12.5. The van der Waals surface area contributed by atoms with E-state index in [0.29, 0.717) is 17.7 Å². The van der Waals surface area contributed by atoms with Crippen molar-refractivity contribution in [1.82, 2.24) is 0 Å². The second kappa shape index (κ2) is 8.84. The second-order valence-electron chi connectivity index (χ2n) is 6.18. The molecule has 142 valence electrons. The molecule has 1 aromatic rings. The van der Waals surface area contributed by atoms with Crippen LogP contribution in [-0.4, -0.2) is 57.9 Å².